The van der Waals surface area contributed by atoms with Crippen LogP contribution in [0.25, 0.3) is 11.1 Å². The van der Waals surface area contributed by atoms with Gasteiger partial charge in [-0.15, -0.1) is 0 Å². The Bertz CT molecular complexity index is 1090. The molecule has 3 aromatic rings. The van der Waals surface area contributed by atoms with Crippen molar-refractivity contribution in [2.75, 3.05) is 0 Å². The Labute approximate surface area is 181 Å². The number of thiocarbonyl (C=S) groups is 1. The van der Waals surface area contributed by atoms with Gasteiger partial charge in [0.1, 0.15) is 11.6 Å². The van der Waals surface area contributed by atoms with Gasteiger partial charge in [0.25, 0.3) is 0 Å². The fraction of sp³-hybridized carbons (Fsp3) is 0.192. The number of nitrogens with zero attached hydrogens (tertiary/aromatic N) is 1. The van der Waals surface area contributed by atoms with E-state index in [1.165, 1.54) is 24.8 Å². The summed E-state index contributed by atoms with van der Waals surface area (Å²) in [5, 5.41) is 2.11. The zero-order valence-corrected chi connectivity index (χ0v) is 17.5. The summed E-state index contributed by atoms with van der Waals surface area (Å²) in [6.07, 6.45) is 4.76. The molecule has 1 nitrogen and oxygen atoms in total. The van der Waals surface area contributed by atoms with Gasteiger partial charge in [0.15, 0.2) is 0 Å². The highest BCUT2D eigenvalue weighted by Crippen LogP contribution is 2.30. The summed E-state index contributed by atoms with van der Waals surface area (Å²) in [7, 11) is 0. The summed E-state index contributed by atoms with van der Waals surface area (Å²) in [4.78, 5) is 3.62. The third kappa shape index (κ3) is 5.70. The maximum absolute atomic E-state index is 14.3. The van der Waals surface area contributed by atoms with E-state index in [1.54, 1.807) is 24.3 Å². The predicted octanol–water partition coefficient (Wildman–Crippen LogP) is 7.50. The molecule has 0 unspecified atom stereocenters. The molecule has 0 aliphatic carbocycles. The predicted molar refractivity (Wildman–Crippen MR) is 122 cm³/mol. The van der Waals surface area contributed by atoms with Crippen LogP contribution in [0, 0.1) is 23.5 Å². The molecule has 0 aromatic heterocycles. The van der Waals surface area contributed by atoms with E-state index in [-0.39, 0.29) is 11.3 Å². The molecule has 3 rings (SSSR count). The highest BCUT2D eigenvalue weighted by Gasteiger charge is 2.13. The van der Waals surface area contributed by atoms with Gasteiger partial charge in [0.05, 0.1) is 16.4 Å². The Balaban J connectivity index is 1.74. The van der Waals surface area contributed by atoms with Crippen molar-refractivity contribution in [1.82, 2.24) is 0 Å². The lowest BCUT2D eigenvalue weighted by Crippen LogP contribution is -1.90. The van der Waals surface area contributed by atoms with Crippen molar-refractivity contribution in [2.24, 2.45) is 4.99 Å². The fourth-order valence-electron chi connectivity index (χ4n) is 3.15. The summed E-state index contributed by atoms with van der Waals surface area (Å²) >= 11 is 4.47. The second-order valence-corrected chi connectivity index (χ2v) is 7.15. The van der Waals surface area contributed by atoms with E-state index in [0.29, 0.717) is 5.56 Å². The molecule has 0 aliphatic heterocycles. The van der Waals surface area contributed by atoms with Gasteiger partial charge in [-0.1, -0.05) is 55.9 Å². The van der Waals surface area contributed by atoms with Crippen LogP contribution in [0.4, 0.5) is 14.5 Å². The van der Waals surface area contributed by atoms with Gasteiger partial charge in [-0.25, -0.2) is 8.78 Å². The molecule has 150 valence electrons. The highest BCUT2D eigenvalue weighted by molar-refractivity contribution is 7.78. The molecule has 0 amide bonds. The maximum atomic E-state index is 14.3. The molecule has 0 bridgehead atoms. The molecule has 0 spiro atoms. The van der Waals surface area contributed by atoms with Crippen LogP contribution in [-0.4, -0.2) is 5.16 Å². The molecule has 0 aliphatic rings. The Morgan fingerprint density at radius 3 is 1.93 bits per heavy atom. The van der Waals surface area contributed by atoms with Crippen molar-refractivity contribution < 1.29 is 8.78 Å². The molecule has 0 heterocycles. The summed E-state index contributed by atoms with van der Waals surface area (Å²) in [5.41, 5.74) is 3.47. The third-order valence-corrected chi connectivity index (χ3v) is 4.84. The molecule has 0 fully saturated rings. The van der Waals surface area contributed by atoms with E-state index in [1.807, 2.05) is 12.1 Å². The Morgan fingerprint density at radius 1 is 0.833 bits per heavy atom. The summed E-state index contributed by atoms with van der Waals surface area (Å²) in [6, 6.07) is 17.4. The minimum absolute atomic E-state index is 0.0996. The van der Waals surface area contributed by atoms with Gasteiger partial charge in [0.2, 0.25) is 0 Å². The Hall–Kier alpha value is -3.12. The molecule has 0 saturated carbocycles. The van der Waals surface area contributed by atoms with Crippen LogP contribution in [0.3, 0.4) is 0 Å². The highest BCUT2D eigenvalue weighted by atomic mass is 32.1. The molecule has 3 aromatic carbocycles. The van der Waals surface area contributed by atoms with E-state index in [9.17, 15) is 8.78 Å². The largest absolute Gasteiger partial charge is 0.206 e. The van der Waals surface area contributed by atoms with Crippen molar-refractivity contribution in [3.63, 3.8) is 0 Å². The average Bonchev–Trinajstić information content (AvgIpc) is 2.74. The van der Waals surface area contributed by atoms with Crippen LogP contribution in [0.15, 0.2) is 65.7 Å². The minimum Gasteiger partial charge on any atom is -0.206 e. The first kappa shape index (κ1) is 21.6. The van der Waals surface area contributed by atoms with E-state index in [0.717, 1.165) is 29.7 Å². The number of aryl methyl sites for hydroxylation is 1. The van der Waals surface area contributed by atoms with Gasteiger partial charge in [-0.2, -0.15) is 4.99 Å². The van der Waals surface area contributed by atoms with Crippen LogP contribution < -0.4 is 0 Å². The van der Waals surface area contributed by atoms with Gasteiger partial charge in [-0.3, -0.25) is 0 Å². The lowest BCUT2D eigenvalue weighted by molar-refractivity contribution is 0.590. The van der Waals surface area contributed by atoms with Gasteiger partial charge >= 0.3 is 0 Å². The van der Waals surface area contributed by atoms with E-state index < -0.39 is 11.6 Å². The molecule has 0 atom stereocenters. The fourth-order valence-corrected chi connectivity index (χ4v) is 3.26. The van der Waals surface area contributed by atoms with Crippen molar-refractivity contribution in [2.45, 2.75) is 32.6 Å². The standard InChI is InChI=1S/C26H21F2NS/c1-2-3-4-5-19-6-8-20(9-7-19)10-11-21-12-14-22(15-13-21)26-24(27)16-23(29-18-30)17-25(26)28/h6-9,12-17H,2-5H2,1H3. The van der Waals surface area contributed by atoms with Crippen molar-refractivity contribution in [3.05, 3.63) is 89.0 Å². The summed E-state index contributed by atoms with van der Waals surface area (Å²) in [6.45, 7) is 2.20. The average molecular weight is 418 g/mol. The Morgan fingerprint density at radius 2 is 1.40 bits per heavy atom. The second-order valence-electron chi connectivity index (χ2n) is 6.97. The van der Waals surface area contributed by atoms with Crippen LogP contribution in [0.5, 0.6) is 0 Å². The zero-order valence-electron chi connectivity index (χ0n) is 16.7. The number of rotatable bonds is 6. The molecular formula is C26H21F2NS. The SMILES string of the molecule is CCCCCc1ccc(C#Cc2ccc(-c3c(F)cc(N=C=S)cc3F)cc2)cc1. The van der Waals surface area contributed by atoms with Crippen LogP contribution in [0.1, 0.15) is 42.9 Å². The van der Waals surface area contributed by atoms with Crippen LogP contribution in [-0.2, 0) is 6.42 Å². The molecular weight excluding hydrogens is 396 g/mol. The first-order valence-electron chi connectivity index (χ1n) is 9.89. The number of hydrogen-bond donors (Lipinski definition) is 0. The summed E-state index contributed by atoms with van der Waals surface area (Å²) in [5.74, 6) is 4.83. The number of halogens is 2. The van der Waals surface area contributed by atoms with Crippen molar-refractivity contribution >= 4 is 23.1 Å². The normalized spacial score (nSPS) is 10.1. The number of isothiocyanates is 1. The number of aliphatic imine (C=N–C) groups is 1. The van der Waals surface area contributed by atoms with Gasteiger partial charge in [0, 0.05) is 23.3 Å². The molecule has 0 saturated heterocycles. The number of hydrogen-bond acceptors (Lipinski definition) is 2. The summed E-state index contributed by atoms with van der Waals surface area (Å²) < 4.78 is 28.7. The maximum Gasteiger partial charge on any atom is 0.136 e. The Kier molecular flexibility index (Phi) is 7.63. The number of unbranched alkanes of at least 4 members (excludes halogenated alkanes) is 2. The first-order chi connectivity index (χ1) is 14.6. The quantitative estimate of drug-likeness (QED) is 0.175. The molecule has 4 heteroatoms. The minimum atomic E-state index is -0.697. The topological polar surface area (TPSA) is 12.4 Å². The van der Waals surface area contributed by atoms with Gasteiger partial charge < -0.3 is 0 Å². The molecule has 0 radical (unpaired) electrons. The molecule has 0 N–H and O–H groups in total. The number of benzene rings is 3. The van der Waals surface area contributed by atoms with Gasteiger partial charge in [-0.05, 0) is 60.5 Å². The van der Waals surface area contributed by atoms with Crippen LogP contribution >= 0.6 is 12.2 Å². The first-order valence-corrected chi connectivity index (χ1v) is 10.3. The van der Waals surface area contributed by atoms with E-state index in [2.05, 4.69) is 53.3 Å². The van der Waals surface area contributed by atoms with E-state index in [4.69, 9.17) is 0 Å². The monoisotopic (exact) mass is 417 g/mol. The van der Waals surface area contributed by atoms with E-state index >= 15 is 0 Å². The lowest BCUT2D eigenvalue weighted by atomic mass is 10.0. The third-order valence-electron chi connectivity index (χ3n) is 4.75. The zero-order chi connectivity index (χ0) is 21.3. The lowest BCUT2D eigenvalue weighted by Gasteiger charge is -2.06. The smallest absolute Gasteiger partial charge is 0.136 e. The van der Waals surface area contributed by atoms with Crippen LogP contribution in [0.2, 0.25) is 0 Å². The second kappa shape index (κ2) is 10.6. The van der Waals surface area contributed by atoms with Crippen molar-refractivity contribution in [3.8, 4) is 23.0 Å². The molecule has 30 heavy (non-hydrogen) atoms. The van der Waals surface area contributed by atoms with Crippen molar-refractivity contribution in [1.29, 1.82) is 0 Å².